The van der Waals surface area contributed by atoms with E-state index in [1.165, 1.54) is 19.1 Å². The molecular weight excluding hydrogens is 544 g/mol. The highest BCUT2D eigenvalue weighted by Gasteiger charge is 2.54. The van der Waals surface area contributed by atoms with Crippen molar-refractivity contribution in [3.05, 3.63) is 24.8 Å². The quantitative estimate of drug-likeness (QED) is 0.159. The molecule has 0 spiro atoms. The Morgan fingerprint density at radius 2 is 1.60 bits per heavy atom. The van der Waals surface area contributed by atoms with Gasteiger partial charge in [0.2, 0.25) is 0 Å². The van der Waals surface area contributed by atoms with Crippen molar-refractivity contribution in [3.63, 3.8) is 0 Å². The predicted octanol–water partition coefficient (Wildman–Crippen LogP) is 6.52. The maximum Gasteiger partial charge on any atom is 0.305 e. The molecule has 2 aliphatic rings. The molecule has 1 unspecified atom stereocenters. The van der Waals surface area contributed by atoms with Gasteiger partial charge in [-0.25, -0.2) is 0 Å². The van der Waals surface area contributed by atoms with Gasteiger partial charge in [-0.05, 0) is 62.3 Å². The third kappa shape index (κ3) is 8.02. The van der Waals surface area contributed by atoms with Gasteiger partial charge >= 0.3 is 5.97 Å². The van der Waals surface area contributed by atoms with Crippen molar-refractivity contribution in [2.75, 3.05) is 6.61 Å². The lowest BCUT2D eigenvalue weighted by atomic mass is 9.88. The lowest BCUT2D eigenvalue weighted by Gasteiger charge is -2.46. The maximum atomic E-state index is 13.4. The normalized spacial score (nSPS) is 29.2. The first-order valence-corrected chi connectivity index (χ1v) is 20.1. The monoisotopic (exact) mass is 598 g/mol. The maximum absolute atomic E-state index is 13.4. The molecule has 6 atom stereocenters. The summed E-state index contributed by atoms with van der Waals surface area (Å²) in [5, 5.41) is -0.167. The molecule has 0 aromatic heterocycles. The average molecular weight is 599 g/mol. The topological polar surface area (TPSA) is 89.5 Å². The summed E-state index contributed by atoms with van der Waals surface area (Å²) in [4.78, 5) is 25.7. The standard InChI is InChI=1S/C30H54O8Si2/c1-16-23-26(36-29(10,11)35-23)25(38-40(14,15)28(7,8)9)20(2)24-22(32)17-18-30(37-24,34-21(3)31)19-33-39(12,13)27(4,5)6/h16-18,20,23-26H,1,19H2,2-15H3/t20-,23+,24-,25+,26+,30?/m0/s1. The number of hydrogen-bond donors (Lipinski definition) is 0. The van der Waals surface area contributed by atoms with Crippen molar-refractivity contribution in [1.29, 1.82) is 0 Å². The highest BCUT2D eigenvalue weighted by atomic mass is 28.4. The van der Waals surface area contributed by atoms with Crippen molar-refractivity contribution in [3.8, 4) is 0 Å². The van der Waals surface area contributed by atoms with Crippen LogP contribution in [0.25, 0.3) is 0 Å². The average Bonchev–Trinajstić information content (AvgIpc) is 3.10. The molecule has 1 fully saturated rings. The van der Waals surface area contributed by atoms with Crippen molar-refractivity contribution in [1.82, 2.24) is 0 Å². The molecule has 230 valence electrons. The zero-order valence-electron chi connectivity index (χ0n) is 27.3. The highest BCUT2D eigenvalue weighted by Crippen LogP contribution is 2.43. The van der Waals surface area contributed by atoms with Gasteiger partial charge in [0, 0.05) is 12.8 Å². The Morgan fingerprint density at radius 3 is 2.08 bits per heavy atom. The van der Waals surface area contributed by atoms with Crippen LogP contribution in [-0.2, 0) is 37.4 Å². The molecule has 10 heteroatoms. The molecule has 0 saturated carbocycles. The molecule has 8 nitrogen and oxygen atoms in total. The first-order valence-electron chi connectivity index (χ1n) is 14.3. The van der Waals surface area contributed by atoms with E-state index in [0.29, 0.717) is 0 Å². The lowest BCUT2D eigenvalue weighted by Crippen LogP contribution is -2.58. The molecule has 0 amide bonds. The van der Waals surface area contributed by atoms with E-state index >= 15 is 0 Å². The van der Waals surface area contributed by atoms with E-state index in [1.54, 1.807) is 6.08 Å². The first kappa shape index (κ1) is 35.1. The number of ketones is 1. The third-order valence-corrected chi connectivity index (χ3v) is 17.8. The molecule has 0 radical (unpaired) electrons. The van der Waals surface area contributed by atoms with E-state index in [4.69, 9.17) is 27.8 Å². The largest absolute Gasteiger partial charge is 0.427 e. The Hall–Kier alpha value is -1.15. The van der Waals surface area contributed by atoms with E-state index < -0.39 is 64.5 Å². The van der Waals surface area contributed by atoms with Crippen LogP contribution < -0.4 is 0 Å². The molecule has 0 aromatic rings. The van der Waals surface area contributed by atoms with E-state index in [2.05, 4.69) is 74.3 Å². The molecule has 0 aromatic carbocycles. The van der Waals surface area contributed by atoms with Crippen molar-refractivity contribution in [2.24, 2.45) is 5.92 Å². The summed E-state index contributed by atoms with van der Waals surface area (Å²) < 4.78 is 38.1. The number of hydrogen-bond acceptors (Lipinski definition) is 8. The fourth-order valence-corrected chi connectivity index (χ4v) is 6.69. The van der Waals surface area contributed by atoms with Crippen LogP contribution in [0, 0.1) is 5.92 Å². The summed E-state index contributed by atoms with van der Waals surface area (Å²) >= 11 is 0. The molecule has 2 rings (SSSR count). The van der Waals surface area contributed by atoms with Crippen LogP contribution in [-0.4, -0.2) is 71.0 Å². The van der Waals surface area contributed by atoms with Crippen LogP contribution in [0.2, 0.25) is 36.3 Å². The van der Waals surface area contributed by atoms with E-state index in [-0.39, 0.29) is 22.5 Å². The van der Waals surface area contributed by atoms with Crippen LogP contribution in [0.5, 0.6) is 0 Å². The third-order valence-electron chi connectivity index (χ3n) is 8.82. The Morgan fingerprint density at radius 1 is 1.05 bits per heavy atom. The van der Waals surface area contributed by atoms with Crippen molar-refractivity contribution in [2.45, 2.75) is 141 Å². The second-order valence-electron chi connectivity index (χ2n) is 14.7. The van der Waals surface area contributed by atoms with Gasteiger partial charge in [-0.2, -0.15) is 0 Å². The summed E-state index contributed by atoms with van der Waals surface area (Å²) in [6, 6.07) is 0. The molecule has 2 aliphatic heterocycles. The van der Waals surface area contributed by atoms with Crippen LogP contribution in [0.15, 0.2) is 24.8 Å². The second kappa shape index (κ2) is 11.9. The Balaban J connectivity index is 2.52. The van der Waals surface area contributed by atoms with Crippen LogP contribution in [0.4, 0.5) is 0 Å². The van der Waals surface area contributed by atoms with Gasteiger partial charge in [0.25, 0.3) is 5.79 Å². The zero-order valence-corrected chi connectivity index (χ0v) is 29.3. The number of carbonyl (C=O) groups is 2. The van der Waals surface area contributed by atoms with Gasteiger partial charge in [-0.1, -0.05) is 54.5 Å². The molecule has 0 N–H and O–H groups in total. The van der Waals surface area contributed by atoms with Gasteiger partial charge in [0.05, 0.1) is 6.10 Å². The lowest BCUT2D eigenvalue weighted by molar-refractivity contribution is -0.247. The Kier molecular flexibility index (Phi) is 10.4. The molecule has 0 bridgehead atoms. The highest BCUT2D eigenvalue weighted by molar-refractivity contribution is 6.74. The minimum Gasteiger partial charge on any atom is -0.427 e. The number of carbonyl (C=O) groups excluding carboxylic acids is 2. The summed E-state index contributed by atoms with van der Waals surface area (Å²) in [6.45, 7) is 32.3. The molecule has 1 saturated heterocycles. The summed E-state index contributed by atoms with van der Waals surface area (Å²) in [5.74, 6) is -3.65. The van der Waals surface area contributed by atoms with Gasteiger partial charge in [-0.3, -0.25) is 9.59 Å². The van der Waals surface area contributed by atoms with Crippen molar-refractivity contribution < 1.29 is 37.4 Å². The molecule has 0 aliphatic carbocycles. The van der Waals surface area contributed by atoms with E-state index in [1.807, 2.05) is 20.8 Å². The Bertz CT molecular complexity index is 975. The fourth-order valence-electron chi connectivity index (χ4n) is 4.31. The summed E-state index contributed by atoms with van der Waals surface area (Å²) in [6.07, 6.45) is 2.15. The molecular formula is C30H54O8Si2. The van der Waals surface area contributed by atoms with Crippen LogP contribution in [0.3, 0.4) is 0 Å². The smallest absolute Gasteiger partial charge is 0.305 e. The van der Waals surface area contributed by atoms with Crippen molar-refractivity contribution >= 4 is 28.4 Å². The minimum absolute atomic E-state index is 0.0187. The van der Waals surface area contributed by atoms with Crippen LogP contribution in [0.1, 0.15) is 69.2 Å². The summed E-state index contributed by atoms with van der Waals surface area (Å²) in [5.41, 5.74) is 0. The molecule has 2 heterocycles. The molecule has 40 heavy (non-hydrogen) atoms. The first-order chi connectivity index (χ1) is 17.9. The van der Waals surface area contributed by atoms with Gasteiger partial charge in [-0.15, -0.1) is 6.58 Å². The van der Waals surface area contributed by atoms with Gasteiger partial charge in [0.1, 0.15) is 24.9 Å². The predicted molar refractivity (Wildman–Crippen MR) is 162 cm³/mol. The number of rotatable bonds is 10. The van der Waals surface area contributed by atoms with E-state index in [9.17, 15) is 9.59 Å². The fraction of sp³-hybridized carbons (Fsp3) is 0.800. The van der Waals surface area contributed by atoms with Gasteiger partial charge < -0.3 is 27.8 Å². The minimum atomic E-state index is -2.35. The number of esters is 1. The Labute approximate surface area is 244 Å². The zero-order chi connectivity index (χ0) is 31.1. The van der Waals surface area contributed by atoms with E-state index in [0.717, 1.165) is 0 Å². The summed E-state index contributed by atoms with van der Waals surface area (Å²) in [7, 11) is -4.59. The van der Waals surface area contributed by atoms with Crippen LogP contribution >= 0.6 is 0 Å². The number of ether oxygens (including phenoxy) is 4. The van der Waals surface area contributed by atoms with Gasteiger partial charge in [0.15, 0.2) is 28.2 Å². The second-order valence-corrected chi connectivity index (χ2v) is 24.3. The SMILES string of the molecule is C=C[C@H]1OC(C)(C)O[C@H]1[C@H](O[Si](C)(C)C(C)(C)C)[C@@H](C)[C@@H]1OC(CO[Si](C)(C)C(C)(C)C)(OC(C)=O)C=CC1=O.